The molecule has 29 heavy (non-hydrogen) atoms. The van der Waals surface area contributed by atoms with E-state index in [0.717, 1.165) is 38.8 Å². The lowest BCUT2D eigenvalue weighted by molar-refractivity contribution is -0.0286. The first-order chi connectivity index (χ1) is 14.4. The van der Waals surface area contributed by atoms with Crippen LogP contribution in [-0.2, 0) is 9.57 Å². The third-order valence-corrected chi connectivity index (χ3v) is 7.71. The minimum atomic E-state index is 0.121. The van der Waals surface area contributed by atoms with E-state index in [4.69, 9.17) is 9.57 Å². The maximum Gasteiger partial charge on any atom is 0.146 e. The third kappa shape index (κ3) is 4.96. The predicted octanol–water partition coefficient (Wildman–Crippen LogP) is -0.115. The van der Waals surface area contributed by atoms with Crippen LogP contribution in [0.1, 0.15) is 38.5 Å². The maximum absolute atomic E-state index is 6.09. The van der Waals surface area contributed by atoms with Gasteiger partial charge in [0.05, 0.1) is 31.6 Å². The lowest BCUT2D eigenvalue weighted by atomic mass is 9.94. The smallest absolute Gasteiger partial charge is 0.146 e. The Hall–Kier alpha value is -0.320. The molecule has 0 aliphatic carbocycles. The molecule has 0 saturated carbocycles. The van der Waals surface area contributed by atoms with E-state index in [1.54, 1.807) is 0 Å². The standard InChI is InChI=1S/C21H40N6O2/c1-3-16(13-22-7-1)15-27-8-2-4-18(27)21-24-20(25-29-21)17-5-6-19(23-14-17)26-9-11-28-12-10-26/h16-25H,1-15H2/t16?,17?,18-,19?,20?,21?/m0/s1. The zero-order chi connectivity index (χ0) is 19.5. The van der Waals surface area contributed by atoms with Crippen molar-refractivity contribution < 1.29 is 9.57 Å². The Morgan fingerprint density at radius 1 is 0.931 bits per heavy atom. The van der Waals surface area contributed by atoms with Crippen molar-refractivity contribution in [3.8, 4) is 0 Å². The van der Waals surface area contributed by atoms with Crippen LogP contribution in [0.4, 0.5) is 0 Å². The summed E-state index contributed by atoms with van der Waals surface area (Å²) in [5.41, 5.74) is 3.35. The van der Waals surface area contributed by atoms with Gasteiger partial charge in [0.25, 0.3) is 0 Å². The fourth-order valence-corrected chi connectivity index (χ4v) is 6.00. The van der Waals surface area contributed by atoms with Crippen LogP contribution in [0.5, 0.6) is 0 Å². The largest absolute Gasteiger partial charge is 0.379 e. The minimum absolute atomic E-state index is 0.121. The third-order valence-electron chi connectivity index (χ3n) is 7.71. The molecule has 5 saturated heterocycles. The lowest BCUT2D eigenvalue weighted by Crippen LogP contribution is -2.57. The molecule has 8 nitrogen and oxygen atoms in total. The number of rotatable bonds is 5. The molecule has 5 unspecified atom stereocenters. The number of ether oxygens (including phenoxy) is 1. The van der Waals surface area contributed by atoms with Crippen molar-refractivity contribution in [1.29, 1.82) is 0 Å². The van der Waals surface area contributed by atoms with Crippen LogP contribution in [0.3, 0.4) is 0 Å². The topological polar surface area (TPSA) is 73.1 Å². The van der Waals surface area contributed by atoms with Crippen molar-refractivity contribution in [3.63, 3.8) is 0 Å². The zero-order valence-corrected chi connectivity index (χ0v) is 17.8. The maximum atomic E-state index is 6.09. The first kappa shape index (κ1) is 20.6. The molecule has 5 fully saturated rings. The first-order valence-corrected chi connectivity index (χ1v) is 12.0. The molecule has 8 heteroatoms. The van der Waals surface area contributed by atoms with Gasteiger partial charge >= 0.3 is 0 Å². The molecule has 5 rings (SSSR count). The van der Waals surface area contributed by atoms with Gasteiger partial charge in [-0.05, 0) is 64.1 Å². The fourth-order valence-electron chi connectivity index (χ4n) is 6.00. The van der Waals surface area contributed by atoms with E-state index >= 15 is 0 Å². The highest BCUT2D eigenvalue weighted by atomic mass is 16.7. The molecule has 0 bridgehead atoms. The van der Waals surface area contributed by atoms with E-state index in [9.17, 15) is 0 Å². The average molecular weight is 409 g/mol. The highest BCUT2D eigenvalue weighted by Gasteiger charge is 2.41. The molecule has 0 aromatic heterocycles. The van der Waals surface area contributed by atoms with E-state index in [2.05, 4.69) is 31.2 Å². The van der Waals surface area contributed by atoms with E-state index < -0.39 is 0 Å². The Morgan fingerprint density at radius 2 is 1.86 bits per heavy atom. The van der Waals surface area contributed by atoms with Crippen molar-refractivity contribution in [2.45, 2.75) is 63.1 Å². The molecule has 4 N–H and O–H groups in total. The highest BCUT2D eigenvalue weighted by Crippen LogP contribution is 2.27. The molecule has 166 valence electrons. The molecule has 5 heterocycles. The van der Waals surface area contributed by atoms with Gasteiger partial charge in [0, 0.05) is 32.1 Å². The van der Waals surface area contributed by atoms with Gasteiger partial charge in [0.15, 0.2) is 0 Å². The number of hydroxylamine groups is 1. The van der Waals surface area contributed by atoms with Crippen molar-refractivity contribution in [3.05, 3.63) is 0 Å². The van der Waals surface area contributed by atoms with Gasteiger partial charge in [-0.15, -0.1) is 0 Å². The Kier molecular flexibility index (Phi) is 7.00. The molecular formula is C21H40N6O2. The van der Waals surface area contributed by atoms with E-state index in [-0.39, 0.29) is 12.4 Å². The lowest BCUT2D eigenvalue weighted by Gasteiger charge is -2.40. The number of piperidine rings is 2. The van der Waals surface area contributed by atoms with Crippen molar-refractivity contribution >= 4 is 0 Å². The van der Waals surface area contributed by atoms with Crippen LogP contribution >= 0.6 is 0 Å². The van der Waals surface area contributed by atoms with Crippen LogP contribution < -0.4 is 21.4 Å². The van der Waals surface area contributed by atoms with Gasteiger partial charge in [-0.2, -0.15) is 5.48 Å². The minimum Gasteiger partial charge on any atom is -0.379 e. The summed E-state index contributed by atoms with van der Waals surface area (Å²) in [4.78, 5) is 11.3. The quantitative estimate of drug-likeness (QED) is 0.502. The molecule has 5 aliphatic heterocycles. The van der Waals surface area contributed by atoms with Crippen LogP contribution in [0.15, 0.2) is 0 Å². The highest BCUT2D eigenvalue weighted by molar-refractivity contribution is 4.92. The van der Waals surface area contributed by atoms with Gasteiger partial charge in [-0.3, -0.25) is 20.0 Å². The van der Waals surface area contributed by atoms with Crippen LogP contribution in [-0.4, -0.2) is 93.4 Å². The molecule has 0 amide bonds. The second kappa shape index (κ2) is 9.87. The number of hydrogen-bond donors (Lipinski definition) is 4. The van der Waals surface area contributed by atoms with Gasteiger partial charge < -0.3 is 15.4 Å². The molecule has 0 aromatic rings. The number of morpholine rings is 1. The first-order valence-electron chi connectivity index (χ1n) is 12.0. The van der Waals surface area contributed by atoms with Crippen LogP contribution in [0, 0.1) is 11.8 Å². The molecule has 0 radical (unpaired) electrons. The van der Waals surface area contributed by atoms with Crippen LogP contribution in [0.25, 0.3) is 0 Å². The SMILES string of the molecule is C1CNCC(CN2CCC[C@H]2C2NC(C3CCC(N4CCOCC4)NC3)NO2)C1. The summed E-state index contributed by atoms with van der Waals surface area (Å²) in [6.07, 6.45) is 8.57. The van der Waals surface area contributed by atoms with Crippen molar-refractivity contribution in [2.24, 2.45) is 11.8 Å². The Morgan fingerprint density at radius 3 is 2.66 bits per heavy atom. The van der Waals surface area contributed by atoms with Crippen molar-refractivity contribution in [2.75, 3.05) is 59.0 Å². The second-order valence-electron chi connectivity index (χ2n) is 9.63. The number of nitrogens with one attached hydrogen (secondary N) is 4. The van der Waals surface area contributed by atoms with Crippen molar-refractivity contribution in [1.82, 2.24) is 31.2 Å². The monoisotopic (exact) mass is 408 g/mol. The molecule has 0 spiro atoms. The normalized spacial score (nSPS) is 43.0. The second-order valence-corrected chi connectivity index (χ2v) is 9.63. The molecule has 6 atom stereocenters. The van der Waals surface area contributed by atoms with Gasteiger partial charge in [0.1, 0.15) is 6.23 Å². The summed E-state index contributed by atoms with van der Waals surface area (Å²) in [5.74, 6) is 1.38. The van der Waals surface area contributed by atoms with Gasteiger partial charge in [0.2, 0.25) is 0 Å². The van der Waals surface area contributed by atoms with Gasteiger partial charge in [-0.1, -0.05) is 0 Å². The van der Waals surface area contributed by atoms with Crippen LogP contribution in [0.2, 0.25) is 0 Å². The molecule has 5 aliphatic rings. The summed E-state index contributed by atoms with van der Waals surface area (Å²) >= 11 is 0. The number of nitrogens with zero attached hydrogens (tertiary/aromatic N) is 2. The Labute approximate surface area is 175 Å². The summed E-state index contributed by atoms with van der Waals surface area (Å²) < 4.78 is 5.50. The number of hydrogen-bond acceptors (Lipinski definition) is 8. The summed E-state index contributed by atoms with van der Waals surface area (Å²) in [7, 11) is 0. The predicted molar refractivity (Wildman–Crippen MR) is 112 cm³/mol. The van der Waals surface area contributed by atoms with E-state index in [1.807, 2.05) is 0 Å². The summed E-state index contributed by atoms with van der Waals surface area (Å²) in [5, 5.41) is 11.1. The summed E-state index contributed by atoms with van der Waals surface area (Å²) in [6.45, 7) is 9.72. The van der Waals surface area contributed by atoms with E-state index in [0.29, 0.717) is 18.1 Å². The Bertz CT molecular complexity index is 505. The zero-order valence-electron chi connectivity index (χ0n) is 17.8. The van der Waals surface area contributed by atoms with E-state index in [1.165, 1.54) is 64.7 Å². The van der Waals surface area contributed by atoms with Gasteiger partial charge in [-0.25, -0.2) is 0 Å². The molecule has 0 aromatic carbocycles. The molecular weight excluding hydrogens is 368 g/mol. The average Bonchev–Trinajstić information content (AvgIpc) is 3.45. The fraction of sp³-hybridized carbons (Fsp3) is 1.00. The summed E-state index contributed by atoms with van der Waals surface area (Å²) in [6, 6.07) is 0.507. The Balaban J connectivity index is 1.09. The number of likely N-dealkylation sites (tertiary alicyclic amines) is 1.